The van der Waals surface area contributed by atoms with Crippen molar-refractivity contribution in [3.05, 3.63) is 40.6 Å². The van der Waals surface area contributed by atoms with E-state index in [0.717, 1.165) is 25.3 Å². The van der Waals surface area contributed by atoms with E-state index in [-0.39, 0.29) is 0 Å². The summed E-state index contributed by atoms with van der Waals surface area (Å²) in [6, 6.07) is 2.17. The molecular weight excluding hydrogens is 194 g/mol. The minimum Gasteiger partial charge on any atom is -0.348 e. The highest BCUT2D eigenvalue weighted by atomic mass is 32.1. The van der Waals surface area contributed by atoms with Crippen LogP contribution in [0.1, 0.15) is 11.4 Å². The number of imidazole rings is 1. The Kier molecular flexibility index (Phi) is 3.32. The molecular formula is C10H13N3S. The normalized spacial score (nSPS) is 10.6. The number of aromatic amines is 1. The lowest BCUT2D eigenvalue weighted by Crippen LogP contribution is -2.17. The van der Waals surface area contributed by atoms with Gasteiger partial charge in [-0.1, -0.05) is 0 Å². The molecule has 74 valence electrons. The highest BCUT2D eigenvalue weighted by Gasteiger charge is 1.95. The van der Waals surface area contributed by atoms with E-state index in [2.05, 4.69) is 32.1 Å². The first kappa shape index (κ1) is 9.43. The van der Waals surface area contributed by atoms with E-state index >= 15 is 0 Å². The zero-order chi connectivity index (χ0) is 9.64. The summed E-state index contributed by atoms with van der Waals surface area (Å²) in [5.74, 6) is 0.996. The minimum absolute atomic E-state index is 0.817. The molecule has 0 atom stereocenters. The Bertz CT molecular complexity index is 303. The van der Waals surface area contributed by atoms with Crippen LogP contribution in [0.2, 0.25) is 0 Å². The van der Waals surface area contributed by atoms with Crippen LogP contribution in [0.25, 0.3) is 0 Å². The maximum absolute atomic E-state index is 4.13. The monoisotopic (exact) mass is 207 g/mol. The van der Waals surface area contributed by atoms with Gasteiger partial charge in [0.1, 0.15) is 5.82 Å². The van der Waals surface area contributed by atoms with Crippen molar-refractivity contribution in [2.75, 3.05) is 6.54 Å². The summed E-state index contributed by atoms with van der Waals surface area (Å²) in [5, 5.41) is 7.64. The average molecular weight is 207 g/mol. The number of rotatable bonds is 5. The Morgan fingerprint density at radius 3 is 3.21 bits per heavy atom. The molecule has 0 bridgehead atoms. The Hall–Kier alpha value is -1.13. The highest BCUT2D eigenvalue weighted by molar-refractivity contribution is 7.07. The Balaban J connectivity index is 1.65. The predicted octanol–water partition coefficient (Wildman–Crippen LogP) is 1.80. The van der Waals surface area contributed by atoms with Crippen molar-refractivity contribution in [2.45, 2.75) is 13.0 Å². The summed E-state index contributed by atoms with van der Waals surface area (Å²) in [7, 11) is 0. The van der Waals surface area contributed by atoms with Crippen LogP contribution in [-0.2, 0) is 13.0 Å². The standard InChI is InChI=1S/C10H13N3S/c1(9-2-6-14-8-9)3-11-7-10-12-4-5-13-10/h2,4-6,8,11H,1,3,7H2,(H,12,13). The second-order valence-corrected chi connectivity index (χ2v) is 3.87. The first-order valence-electron chi connectivity index (χ1n) is 4.65. The number of nitrogens with zero attached hydrogens (tertiary/aromatic N) is 1. The Labute approximate surface area is 87.2 Å². The quantitative estimate of drug-likeness (QED) is 0.734. The molecule has 0 spiro atoms. The van der Waals surface area contributed by atoms with E-state index in [0.29, 0.717) is 0 Å². The molecule has 0 amide bonds. The van der Waals surface area contributed by atoms with E-state index in [1.54, 1.807) is 17.5 Å². The fourth-order valence-electron chi connectivity index (χ4n) is 1.27. The van der Waals surface area contributed by atoms with Crippen molar-refractivity contribution in [2.24, 2.45) is 0 Å². The molecule has 0 radical (unpaired) electrons. The molecule has 2 N–H and O–H groups in total. The highest BCUT2D eigenvalue weighted by Crippen LogP contribution is 2.05. The number of hydrogen-bond acceptors (Lipinski definition) is 3. The molecule has 14 heavy (non-hydrogen) atoms. The van der Waals surface area contributed by atoms with Crippen molar-refractivity contribution >= 4 is 11.3 Å². The third kappa shape index (κ3) is 2.68. The van der Waals surface area contributed by atoms with Gasteiger partial charge in [0, 0.05) is 12.4 Å². The van der Waals surface area contributed by atoms with Crippen LogP contribution in [0, 0.1) is 0 Å². The van der Waals surface area contributed by atoms with Crippen molar-refractivity contribution < 1.29 is 0 Å². The van der Waals surface area contributed by atoms with Gasteiger partial charge in [0.05, 0.1) is 6.54 Å². The van der Waals surface area contributed by atoms with Crippen LogP contribution in [0.15, 0.2) is 29.2 Å². The van der Waals surface area contributed by atoms with E-state index < -0.39 is 0 Å². The second-order valence-electron chi connectivity index (χ2n) is 3.09. The molecule has 0 aromatic carbocycles. The molecule has 3 nitrogen and oxygen atoms in total. The molecule has 0 aliphatic heterocycles. The summed E-state index contributed by atoms with van der Waals surface area (Å²) in [6.45, 7) is 1.81. The van der Waals surface area contributed by atoms with E-state index in [1.165, 1.54) is 5.56 Å². The van der Waals surface area contributed by atoms with Crippen molar-refractivity contribution in [1.82, 2.24) is 15.3 Å². The van der Waals surface area contributed by atoms with Gasteiger partial charge in [-0.05, 0) is 35.4 Å². The van der Waals surface area contributed by atoms with Crippen LogP contribution < -0.4 is 5.32 Å². The number of aromatic nitrogens is 2. The van der Waals surface area contributed by atoms with Crippen molar-refractivity contribution in [3.8, 4) is 0 Å². The van der Waals surface area contributed by atoms with Gasteiger partial charge in [0.2, 0.25) is 0 Å². The van der Waals surface area contributed by atoms with Gasteiger partial charge in [-0.3, -0.25) is 0 Å². The van der Waals surface area contributed by atoms with Crippen molar-refractivity contribution in [1.29, 1.82) is 0 Å². The SMILES string of the molecule is c1c[nH]c(CNCCc2ccsc2)n1. The second kappa shape index (κ2) is 4.93. The topological polar surface area (TPSA) is 40.7 Å². The van der Waals surface area contributed by atoms with Gasteiger partial charge in [-0.2, -0.15) is 11.3 Å². The Morgan fingerprint density at radius 1 is 1.50 bits per heavy atom. The van der Waals surface area contributed by atoms with Crippen LogP contribution in [0.4, 0.5) is 0 Å². The van der Waals surface area contributed by atoms with Gasteiger partial charge in [-0.25, -0.2) is 4.98 Å². The van der Waals surface area contributed by atoms with E-state index in [4.69, 9.17) is 0 Å². The summed E-state index contributed by atoms with van der Waals surface area (Å²) in [4.78, 5) is 7.19. The zero-order valence-corrected chi connectivity index (χ0v) is 8.68. The maximum atomic E-state index is 4.13. The van der Waals surface area contributed by atoms with E-state index in [1.807, 2.05) is 6.20 Å². The molecule has 0 saturated heterocycles. The van der Waals surface area contributed by atoms with Gasteiger partial charge >= 0.3 is 0 Å². The fourth-order valence-corrected chi connectivity index (χ4v) is 1.97. The molecule has 2 rings (SSSR count). The number of nitrogens with one attached hydrogen (secondary N) is 2. The molecule has 2 aromatic rings. The predicted molar refractivity (Wildman–Crippen MR) is 58.3 cm³/mol. The molecule has 0 saturated carbocycles. The molecule has 0 aliphatic rings. The molecule has 0 aliphatic carbocycles. The summed E-state index contributed by atoms with van der Waals surface area (Å²) < 4.78 is 0. The van der Waals surface area contributed by atoms with Gasteiger partial charge < -0.3 is 10.3 Å². The molecule has 2 aromatic heterocycles. The lowest BCUT2D eigenvalue weighted by molar-refractivity contribution is 0.665. The van der Waals surface area contributed by atoms with Gasteiger partial charge in [0.25, 0.3) is 0 Å². The van der Waals surface area contributed by atoms with Crippen LogP contribution >= 0.6 is 11.3 Å². The molecule has 4 heteroatoms. The van der Waals surface area contributed by atoms with Crippen LogP contribution in [-0.4, -0.2) is 16.5 Å². The largest absolute Gasteiger partial charge is 0.348 e. The summed E-state index contributed by atoms with van der Waals surface area (Å²) in [6.07, 6.45) is 4.70. The van der Waals surface area contributed by atoms with Crippen LogP contribution in [0.5, 0.6) is 0 Å². The molecule has 2 heterocycles. The van der Waals surface area contributed by atoms with Crippen molar-refractivity contribution in [3.63, 3.8) is 0 Å². The minimum atomic E-state index is 0.817. The summed E-state index contributed by atoms with van der Waals surface area (Å²) >= 11 is 1.75. The molecule has 0 unspecified atom stereocenters. The smallest absolute Gasteiger partial charge is 0.120 e. The van der Waals surface area contributed by atoms with Gasteiger partial charge in [0.15, 0.2) is 0 Å². The first-order valence-corrected chi connectivity index (χ1v) is 5.59. The number of thiophene rings is 1. The maximum Gasteiger partial charge on any atom is 0.120 e. The lowest BCUT2D eigenvalue weighted by atomic mass is 10.2. The average Bonchev–Trinajstić information content (AvgIpc) is 2.86. The van der Waals surface area contributed by atoms with E-state index in [9.17, 15) is 0 Å². The number of H-pyrrole nitrogens is 1. The summed E-state index contributed by atoms with van der Waals surface area (Å²) in [5.41, 5.74) is 1.40. The first-order chi connectivity index (χ1) is 6.95. The molecule has 0 fully saturated rings. The Morgan fingerprint density at radius 2 is 2.50 bits per heavy atom. The van der Waals surface area contributed by atoms with Gasteiger partial charge in [-0.15, -0.1) is 0 Å². The fraction of sp³-hybridized carbons (Fsp3) is 0.300. The third-order valence-electron chi connectivity index (χ3n) is 2.02. The lowest BCUT2D eigenvalue weighted by Gasteiger charge is -2.00. The third-order valence-corrected chi connectivity index (χ3v) is 2.75. The van der Waals surface area contributed by atoms with Crippen LogP contribution in [0.3, 0.4) is 0 Å². The zero-order valence-electron chi connectivity index (χ0n) is 7.86. The number of hydrogen-bond donors (Lipinski definition) is 2.